The van der Waals surface area contributed by atoms with Crippen molar-refractivity contribution in [2.45, 2.75) is 40.5 Å². The number of fused-ring (bicyclic) bond motifs is 1. The third-order valence-corrected chi connectivity index (χ3v) is 4.32. The maximum atomic E-state index is 12.9. The minimum atomic E-state index is -0.113. The van der Waals surface area contributed by atoms with Gasteiger partial charge in [-0.25, -0.2) is 4.98 Å². The van der Waals surface area contributed by atoms with Crippen molar-refractivity contribution < 1.29 is 4.79 Å². The number of nitrogens with one attached hydrogen (secondary N) is 1. The molecule has 3 aromatic rings. The molecule has 1 N–H and O–H groups in total. The summed E-state index contributed by atoms with van der Waals surface area (Å²) >= 11 is 0. The first kappa shape index (κ1) is 16.2. The standard InChI is InChI=1S/C20H23N3O/c1-5-6-17-19(23-10-9-13(2)11-18(23)22-17)20(24)21-16-8-7-14(3)15(4)12-16/h7-12H,5-6H2,1-4H3,(H,21,24). The monoisotopic (exact) mass is 321 g/mol. The van der Waals surface area contributed by atoms with Crippen molar-refractivity contribution in [3.05, 3.63) is 64.6 Å². The van der Waals surface area contributed by atoms with Crippen LogP contribution < -0.4 is 5.32 Å². The fraction of sp³-hybridized carbons (Fsp3) is 0.300. The number of hydrogen-bond acceptors (Lipinski definition) is 2. The summed E-state index contributed by atoms with van der Waals surface area (Å²) in [7, 11) is 0. The summed E-state index contributed by atoms with van der Waals surface area (Å²) in [6.45, 7) is 8.24. The van der Waals surface area contributed by atoms with Crippen LogP contribution in [0.3, 0.4) is 0 Å². The van der Waals surface area contributed by atoms with Crippen molar-refractivity contribution in [1.29, 1.82) is 0 Å². The van der Waals surface area contributed by atoms with Crippen LogP contribution in [-0.4, -0.2) is 15.3 Å². The van der Waals surface area contributed by atoms with Gasteiger partial charge in [0.2, 0.25) is 0 Å². The summed E-state index contributed by atoms with van der Waals surface area (Å²) in [4.78, 5) is 17.6. The average Bonchev–Trinajstić information content (AvgIpc) is 2.88. The molecule has 4 nitrogen and oxygen atoms in total. The van der Waals surface area contributed by atoms with Crippen LogP contribution >= 0.6 is 0 Å². The van der Waals surface area contributed by atoms with Gasteiger partial charge in [0.25, 0.3) is 5.91 Å². The van der Waals surface area contributed by atoms with Crippen molar-refractivity contribution in [1.82, 2.24) is 9.38 Å². The zero-order chi connectivity index (χ0) is 17.3. The van der Waals surface area contributed by atoms with Gasteiger partial charge in [-0.1, -0.05) is 19.4 Å². The largest absolute Gasteiger partial charge is 0.321 e. The Labute approximate surface area is 142 Å². The lowest BCUT2D eigenvalue weighted by molar-refractivity contribution is 0.102. The van der Waals surface area contributed by atoms with Crippen molar-refractivity contribution in [2.75, 3.05) is 5.32 Å². The normalized spacial score (nSPS) is 11.0. The molecular formula is C20H23N3O. The highest BCUT2D eigenvalue weighted by atomic mass is 16.2. The number of carbonyl (C=O) groups is 1. The van der Waals surface area contributed by atoms with E-state index in [-0.39, 0.29) is 5.91 Å². The number of aryl methyl sites for hydroxylation is 4. The van der Waals surface area contributed by atoms with Gasteiger partial charge in [-0.3, -0.25) is 9.20 Å². The van der Waals surface area contributed by atoms with Crippen LogP contribution in [0.15, 0.2) is 36.5 Å². The highest BCUT2D eigenvalue weighted by Gasteiger charge is 2.19. The van der Waals surface area contributed by atoms with Crippen molar-refractivity contribution in [3.8, 4) is 0 Å². The fourth-order valence-electron chi connectivity index (χ4n) is 2.86. The third-order valence-electron chi connectivity index (χ3n) is 4.32. The number of imidazole rings is 1. The summed E-state index contributed by atoms with van der Waals surface area (Å²) in [5, 5.41) is 3.02. The molecule has 0 bridgehead atoms. The number of benzene rings is 1. The maximum absolute atomic E-state index is 12.9. The number of anilines is 1. The molecule has 0 aliphatic rings. The Balaban J connectivity index is 2.01. The minimum Gasteiger partial charge on any atom is -0.321 e. The van der Waals surface area contributed by atoms with E-state index in [2.05, 4.69) is 24.1 Å². The molecule has 1 aromatic carbocycles. The van der Waals surface area contributed by atoms with E-state index in [4.69, 9.17) is 0 Å². The summed E-state index contributed by atoms with van der Waals surface area (Å²) < 4.78 is 1.88. The van der Waals surface area contributed by atoms with Crippen molar-refractivity contribution in [3.63, 3.8) is 0 Å². The molecule has 2 heterocycles. The van der Waals surface area contributed by atoms with Gasteiger partial charge in [-0.2, -0.15) is 0 Å². The molecule has 0 unspecified atom stereocenters. The SMILES string of the molecule is CCCc1nc2cc(C)ccn2c1C(=O)Nc1ccc(C)c(C)c1. The quantitative estimate of drug-likeness (QED) is 0.771. The molecule has 0 aliphatic carbocycles. The number of carbonyl (C=O) groups excluding carboxylic acids is 1. The van der Waals surface area contributed by atoms with E-state index in [9.17, 15) is 4.79 Å². The van der Waals surface area contributed by atoms with Gasteiger partial charge in [-0.15, -0.1) is 0 Å². The third kappa shape index (κ3) is 3.04. The van der Waals surface area contributed by atoms with E-state index in [1.807, 2.05) is 54.8 Å². The van der Waals surface area contributed by atoms with E-state index in [1.54, 1.807) is 0 Å². The lowest BCUT2D eigenvalue weighted by atomic mass is 10.1. The van der Waals surface area contributed by atoms with Crippen LogP contribution in [0, 0.1) is 20.8 Å². The Hall–Kier alpha value is -2.62. The van der Waals surface area contributed by atoms with E-state index in [0.29, 0.717) is 5.69 Å². The molecule has 1 amide bonds. The van der Waals surface area contributed by atoms with Gasteiger partial charge in [0, 0.05) is 11.9 Å². The predicted octanol–water partition coefficient (Wildman–Crippen LogP) is 4.46. The molecule has 24 heavy (non-hydrogen) atoms. The fourth-order valence-corrected chi connectivity index (χ4v) is 2.86. The molecule has 0 spiro atoms. The van der Waals surface area contributed by atoms with Crippen LogP contribution in [0.5, 0.6) is 0 Å². The lowest BCUT2D eigenvalue weighted by Crippen LogP contribution is -2.16. The Morgan fingerprint density at radius 1 is 1.12 bits per heavy atom. The van der Waals surface area contributed by atoms with Crippen LogP contribution in [0.1, 0.15) is 46.2 Å². The summed E-state index contributed by atoms with van der Waals surface area (Å²) in [5.41, 5.74) is 6.63. The van der Waals surface area contributed by atoms with Gasteiger partial charge in [0.1, 0.15) is 11.3 Å². The number of nitrogens with zero attached hydrogens (tertiary/aromatic N) is 2. The topological polar surface area (TPSA) is 46.4 Å². The first-order chi connectivity index (χ1) is 11.5. The number of hydrogen-bond donors (Lipinski definition) is 1. The Morgan fingerprint density at radius 2 is 1.92 bits per heavy atom. The summed E-state index contributed by atoms with van der Waals surface area (Å²) in [6.07, 6.45) is 3.66. The van der Waals surface area contributed by atoms with E-state index in [1.165, 1.54) is 5.56 Å². The summed E-state index contributed by atoms with van der Waals surface area (Å²) in [6, 6.07) is 9.96. The second kappa shape index (κ2) is 6.48. The highest BCUT2D eigenvalue weighted by Crippen LogP contribution is 2.19. The van der Waals surface area contributed by atoms with Crippen LogP contribution in [-0.2, 0) is 6.42 Å². The van der Waals surface area contributed by atoms with E-state index < -0.39 is 0 Å². The number of amides is 1. The lowest BCUT2D eigenvalue weighted by Gasteiger charge is -2.09. The Bertz CT molecular complexity index is 909. The molecule has 124 valence electrons. The van der Waals surface area contributed by atoms with Crippen molar-refractivity contribution in [2.24, 2.45) is 0 Å². The maximum Gasteiger partial charge on any atom is 0.274 e. The van der Waals surface area contributed by atoms with Crippen molar-refractivity contribution >= 4 is 17.2 Å². The van der Waals surface area contributed by atoms with Gasteiger partial charge < -0.3 is 5.32 Å². The zero-order valence-corrected chi connectivity index (χ0v) is 14.7. The number of pyridine rings is 1. The second-order valence-corrected chi connectivity index (χ2v) is 6.34. The van der Waals surface area contributed by atoms with Crippen LogP contribution in [0.25, 0.3) is 5.65 Å². The molecule has 2 aromatic heterocycles. The van der Waals surface area contributed by atoms with Crippen LogP contribution in [0.2, 0.25) is 0 Å². The van der Waals surface area contributed by atoms with E-state index >= 15 is 0 Å². The van der Waals surface area contributed by atoms with Gasteiger partial charge in [-0.05, 0) is 68.1 Å². The second-order valence-electron chi connectivity index (χ2n) is 6.34. The molecular weight excluding hydrogens is 298 g/mol. The predicted molar refractivity (Wildman–Crippen MR) is 97.8 cm³/mol. The van der Waals surface area contributed by atoms with E-state index in [0.717, 1.165) is 41.0 Å². The van der Waals surface area contributed by atoms with Gasteiger partial charge in [0.05, 0.1) is 5.69 Å². The molecule has 0 saturated heterocycles. The molecule has 3 rings (SSSR count). The van der Waals surface area contributed by atoms with Gasteiger partial charge in [0.15, 0.2) is 0 Å². The average molecular weight is 321 g/mol. The molecule has 0 fully saturated rings. The number of aromatic nitrogens is 2. The Kier molecular flexibility index (Phi) is 4.38. The first-order valence-corrected chi connectivity index (χ1v) is 8.35. The summed E-state index contributed by atoms with van der Waals surface area (Å²) in [5.74, 6) is -0.113. The smallest absolute Gasteiger partial charge is 0.274 e. The molecule has 0 radical (unpaired) electrons. The molecule has 4 heteroatoms. The molecule has 0 atom stereocenters. The number of rotatable bonds is 4. The first-order valence-electron chi connectivity index (χ1n) is 8.35. The highest BCUT2D eigenvalue weighted by molar-refractivity contribution is 6.04. The zero-order valence-electron chi connectivity index (χ0n) is 14.7. The van der Waals surface area contributed by atoms with Gasteiger partial charge >= 0.3 is 0 Å². The molecule has 0 aliphatic heterocycles. The van der Waals surface area contributed by atoms with Crippen LogP contribution in [0.4, 0.5) is 5.69 Å². The minimum absolute atomic E-state index is 0.113. The Morgan fingerprint density at radius 3 is 2.62 bits per heavy atom. The molecule has 0 saturated carbocycles.